The van der Waals surface area contributed by atoms with E-state index in [0.29, 0.717) is 41.6 Å². The Morgan fingerprint density at radius 2 is 1.69 bits per heavy atom. The number of aliphatic hydroxyl groups excluding tert-OH is 1. The summed E-state index contributed by atoms with van der Waals surface area (Å²) in [4.78, 5) is 12.7. The number of aliphatic hydroxyl groups is 1. The van der Waals surface area contributed by atoms with Gasteiger partial charge in [0, 0.05) is 25.8 Å². The van der Waals surface area contributed by atoms with E-state index in [1.54, 1.807) is 0 Å². The van der Waals surface area contributed by atoms with Crippen LogP contribution in [0, 0.1) is 11.3 Å². The smallest absolute Gasteiger partial charge is 0.296 e. The lowest BCUT2D eigenvalue weighted by atomic mass is 10.00. The molecular formula is C31H33ClN4O5Si. The minimum absolute atomic E-state index is 0.225. The first-order chi connectivity index (χ1) is 20.2. The fourth-order valence-corrected chi connectivity index (χ4v) is 6.19. The molecule has 2 N–H and O–H groups in total. The van der Waals surface area contributed by atoms with E-state index < -0.39 is 31.9 Å². The fourth-order valence-electron chi connectivity index (χ4n) is 5.20. The molecule has 9 nitrogen and oxygen atoms in total. The summed E-state index contributed by atoms with van der Waals surface area (Å²) in [6.45, 7) is 7.99. The van der Waals surface area contributed by atoms with Crippen molar-refractivity contribution in [2.45, 2.75) is 55.7 Å². The number of benzene rings is 2. The van der Waals surface area contributed by atoms with Crippen molar-refractivity contribution in [3.8, 4) is 34.5 Å². The third kappa shape index (κ3) is 6.08. The highest BCUT2D eigenvalue weighted by molar-refractivity contribution is 6.76. The summed E-state index contributed by atoms with van der Waals surface area (Å²) in [5.74, 6) is 0. The lowest BCUT2D eigenvalue weighted by Gasteiger charge is -2.19. The molecule has 6 rings (SSSR count). The zero-order chi connectivity index (χ0) is 29.4. The van der Waals surface area contributed by atoms with Crippen LogP contribution in [0.15, 0.2) is 54.6 Å². The third-order valence-corrected chi connectivity index (χ3v) is 9.66. The number of ether oxygens (including phenoxy) is 4. The Kier molecular flexibility index (Phi) is 8.07. The number of nitrogens with zero attached hydrogens (tertiary/aromatic N) is 3. The summed E-state index contributed by atoms with van der Waals surface area (Å²) < 4.78 is 23.6. The molecule has 0 radical (unpaired) electrons. The van der Waals surface area contributed by atoms with Gasteiger partial charge in [-0.2, -0.15) is 10.2 Å². The summed E-state index contributed by atoms with van der Waals surface area (Å²) in [6, 6.07) is 20.9. The molecule has 2 aromatic carbocycles. The zero-order valence-corrected chi connectivity index (χ0v) is 25.5. The molecule has 0 spiro atoms. The van der Waals surface area contributed by atoms with E-state index >= 15 is 0 Å². The zero-order valence-electron chi connectivity index (χ0n) is 23.7. The minimum atomic E-state index is -1.31. The molecule has 2 saturated heterocycles. The molecule has 0 saturated carbocycles. The van der Waals surface area contributed by atoms with Gasteiger partial charge in [-0.3, -0.25) is 0 Å². The summed E-state index contributed by atoms with van der Waals surface area (Å²) in [5.41, 5.74) is 5.36. The second-order valence-corrected chi connectivity index (χ2v) is 17.9. The Morgan fingerprint density at radius 3 is 2.38 bits per heavy atom. The molecule has 5 atom stereocenters. The third-order valence-electron chi connectivity index (χ3n) is 7.59. The molecule has 218 valence electrons. The minimum Gasteiger partial charge on any atom is -0.456 e. The number of hydrogen-bond acceptors (Lipinski definition) is 8. The number of aromatic nitrogens is 3. The lowest BCUT2D eigenvalue weighted by molar-refractivity contribution is 0.00706. The average Bonchev–Trinajstić information content (AvgIpc) is 3.68. The second kappa shape index (κ2) is 11.8. The number of aromatic amines is 1. The van der Waals surface area contributed by atoms with Crippen molar-refractivity contribution in [3.63, 3.8) is 0 Å². The van der Waals surface area contributed by atoms with Crippen molar-refractivity contribution < 1.29 is 24.1 Å². The van der Waals surface area contributed by atoms with Crippen LogP contribution in [0.3, 0.4) is 0 Å². The Hall–Kier alpha value is -3.30. The SMILES string of the molecule is C[Si](C)(C)CCOC(Cl)c1cc2[nH]c(O[C@@H]3CO[C@H]4[C@@H]3OC[C@H]4O)nc2nc1-c1ccc(-c2ccc(C#N)cc2)cc1. The van der Waals surface area contributed by atoms with Crippen LogP contribution >= 0.6 is 11.6 Å². The largest absolute Gasteiger partial charge is 0.456 e. The van der Waals surface area contributed by atoms with Crippen LogP contribution in [-0.2, 0) is 14.2 Å². The van der Waals surface area contributed by atoms with Crippen molar-refractivity contribution in [2.75, 3.05) is 19.8 Å². The number of pyridine rings is 1. The Labute approximate surface area is 250 Å². The molecule has 4 aromatic rings. The van der Waals surface area contributed by atoms with Crippen molar-refractivity contribution in [1.82, 2.24) is 15.0 Å². The normalized spacial score (nSPS) is 22.7. The molecule has 42 heavy (non-hydrogen) atoms. The number of H-pyrrole nitrogens is 1. The monoisotopic (exact) mass is 604 g/mol. The highest BCUT2D eigenvalue weighted by atomic mass is 35.5. The van der Waals surface area contributed by atoms with E-state index in [2.05, 4.69) is 35.7 Å². The summed E-state index contributed by atoms with van der Waals surface area (Å²) in [7, 11) is -1.31. The average molecular weight is 605 g/mol. The van der Waals surface area contributed by atoms with Gasteiger partial charge in [-0.05, 0) is 35.4 Å². The number of alkyl halides is 1. The van der Waals surface area contributed by atoms with Gasteiger partial charge < -0.3 is 29.0 Å². The number of imidazole rings is 1. The van der Waals surface area contributed by atoms with Crippen LogP contribution in [0.25, 0.3) is 33.5 Å². The van der Waals surface area contributed by atoms with E-state index in [1.165, 1.54) is 0 Å². The van der Waals surface area contributed by atoms with Crippen LogP contribution in [0.2, 0.25) is 25.7 Å². The molecule has 2 fully saturated rings. The molecule has 11 heteroatoms. The molecule has 2 aliphatic heterocycles. The van der Waals surface area contributed by atoms with Crippen LogP contribution in [-0.4, -0.2) is 72.4 Å². The highest BCUT2D eigenvalue weighted by Gasteiger charge is 2.48. The van der Waals surface area contributed by atoms with E-state index in [1.807, 2.05) is 54.6 Å². The Balaban J connectivity index is 1.30. The van der Waals surface area contributed by atoms with Gasteiger partial charge in [0.05, 0.1) is 36.1 Å². The first-order valence-corrected chi connectivity index (χ1v) is 18.2. The van der Waals surface area contributed by atoms with Crippen molar-refractivity contribution in [3.05, 3.63) is 65.7 Å². The number of halogens is 1. The van der Waals surface area contributed by atoms with E-state index in [9.17, 15) is 5.11 Å². The van der Waals surface area contributed by atoms with E-state index in [4.69, 9.17) is 40.8 Å². The van der Waals surface area contributed by atoms with Gasteiger partial charge in [-0.25, -0.2) is 4.98 Å². The Bertz CT molecular complexity index is 1600. The maximum absolute atomic E-state index is 10.1. The predicted molar refractivity (Wildman–Crippen MR) is 162 cm³/mol. The number of nitrogens with one attached hydrogen (secondary N) is 1. The molecule has 0 bridgehead atoms. The quantitative estimate of drug-likeness (QED) is 0.185. The summed E-state index contributed by atoms with van der Waals surface area (Å²) in [5, 5.41) is 19.2. The van der Waals surface area contributed by atoms with Gasteiger partial charge in [0.2, 0.25) is 0 Å². The van der Waals surface area contributed by atoms with Crippen molar-refractivity contribution in [1.29, 1.82) is 5.26 Å². The van der Waals surface area contributed by atoms with Gasteiger partial charge >= 0.3 is 0 Å². The first kappa shape index (κ1) is 28.8. The number of nitriles is 1. The number of hydrogen-bond donors (Lipinski definition) is 2. The predicted octanol–water partition coefficient (Wildman–Crippen LogP) is 5.66. The van der Waals surface area contributed by atoms with Gasteiger partial charge in [-0.1, -0.05) is 67.6 Å². The highest BCUT2D eigenvalue weighted by Crippen LogP contribution is 2.36. The van der Waals surface area contributed by atoms with Crippen LogP contribution in [0.1, 0.15) is 16.7 Å². The molecule has 2 aliphatic rings. The fraction of sp³-hybridized carbons (Fsp3) is 0.387. The molecule has 0 aliphatic carbocycles. The maximum atomic E-state index is 10.1. The Morgan fingerprint density at radius 1 is 1.02 bits per heavy atom. The van der Waals surface area contributed by atoms with Gasteiger partial charge in [-0.15, -0.1) is 0 Å². The van der Waals surface area contributed by atoms with Gasteiger partial charge in [0.15, 0.2) is 17.3 Å². The summed E-state index contributed by atoms with van der Waals surface area (Å²) >= 11 is 6.87. The topological polar surface area (TPSA) is 123 Å². The van der Waals surface area contributed by atoms with Gasteiger partial charge in [0.1, 0.15) is 18.3 Å². The van der Waals surface area contributed by atoms with Crippen LogP contribution in [0.4, 0.5) is 0 Å². The maximum Gasteiger partial charge on any atom is 0.296 e. The molecule has 1 unspecified atom stereocenters. The standard InChI is InChI=1S/C31H33ClN4O5Si/c1-42(2,3)13-12-38-29(32)22-14-23-30(36-31(34-23)41-25-17-40-27-24(37)16-39-28(25)27)35-26(22)21-10-8-20(9-11-21)19-6-4-18(15-33)5-7-19/h4-11,14,24-25,27-29,37H,12-13,16-17H2,1-3H3,(H,34,35,36)/t24-,25-,27-,28-,29?/m1/s1. The number of fused-ring (bicyclic) bond motifs is 2. The van der Waals surface area contributed by atoms with Crippen molar-refractivity contribution in [2.24, 2.45) is 0 Å². The second-order valence-electron chi connectivity index (χ2n) is 11.9. The molecular weight excluding hydrogens is 572 g/mol. The van der Waals surface area contributed by atoms with E-state index in [0.717, 1.165) is 28.3 Å². The van der Waals surface area contributed by atoms with Crippen molar-refractivity contribution >= 4 is 30.8 Å². The van der Waals surface area contributed by atoms with Gasteiger partial charge in [0.25, 0.3) is 6.01 Å². The van der Waals surface area contributed by atoms with Crippen LogP contribution in [0.5, 0.6) is 6.01 Å². The molecule has 4 heterocycles. The molecule has 0 amide bonds. The summed E-state index contributed by atoms with van der Waals surface area (Å²) in [6.07, 6.45) is -1.80. The molecule has 2 aromatic heterocycles. The first-order valence-electron chi connectivity index (χ1n) is 14.0. The lowest BCUT2D eigenvalue weighted by Crippen LogP contribution is -2.34. The number of rotatable bonds is 9. The van der Waals surface area contributed by atoms with Crippen LogP contribution < -0.4 is 4.74 Å². The van der Waals surface area contributed by atoms with E-state index in [-0.39, 0.29) is 12.7 Å².